The molecule has 1 unspecified atom stereocenters. The number of hydrogen-bond acceptors (Lipinski definition) is 8. The van der Waals surface area contributed by atoms with Gasteiger partial charge in [-0.05, 0) is 84.3 Å². The minimum absolute atomic E-state index is 0.00100. The van der Waals surface area contributed by atoms with E-state index in [2.05, 4.69) is 16.5 Å². The van der Waals surface area contributed by atoms with E-state index in [4.69, 9.17) is 9.47 Å². The molecule has 1 atom stereocenters. The molecule has 1 N–H and O–H groups in total. The Morgan fingerprint density at radius 3 is 2.57 bits per heavy atom. The normalized spacial score (nSPS) is 12.8. The fourth-order valence-corrected chi connectivity index (χ4v) is 4.19. The lowest BCUT2D eigenvalue weighted by atomic mass is 9.99. The third kappa shape index (κ3) is 7.38. The average molecular weight is 519 g/mol. The number of hydrogen-bond donors (Lipinski definition) is 1. The third-order valence-corrected chi connectivity index (χ3v) is 6.66. The molecular weight excluding hydrogens is 488 g/mol. The SMILES string of the molecule is C=C(C=c1ccc(C(C)C(=O)Oc2ccc(SC(=O)c3cc(CCO)c(C)cn3)cn2)cc1=CC)OC. The Balaban J connectivity index is 1.67. The number of aryl methyl sites for hydroxylation is 1. The van der Waals surface area contributed by atoms with Crippen molar-refractivity contribution in [1.29, 1.82) is 0 Å². The highest BCUT2D eigenvalue weighted by atomic mass is 32.2. The van der Waals surface area contributed by atoms with Crippen LogP contribution in [0.4, 0.5) is 0 Å². The minimum atomic E-state index is -0.517. The van der Waals surface area contributed by atoms with E-state index in [1.54, 1.807) is 38.4 Å². The molecule has 3 aromatic rings. The van der Waals surface area contributed by atoms with Crippen LogP contribution in [-0.2, 0) is 16.0 Å². The number of aliphatic hydroxyl groups excluding tert-OH is 1. The minimum Gasteiger partial charge on any atom is -0.497 e. The lowest BCUT2D eigenvalue weighted by Crippen LogP contribution is -2.26. The van der Waals surface area contributed by atoms with Crippen molar-refractivity contribution in [2.45, 2.75) is 38.0 Å². The number of ether oxygens (including phenoxy) is 2. The number of rotatable bonds is 9. The monoisotopic (exact) mass is 518 g/mol. The van der Waals surface area contributed by atoms with Crippen LogP contribution in [0.2, 0.25) is 0 Å². The van der Waals surface area contributed by atoms with E-state index in [-0.39, 0.29) is 17.6 Å². The van der Waals surface area contributed by atoms with Crippen LogP contribution in [0.15, 0.2) is 66.0 Å². The molecule has 37 heavy (non-hydrogen) atoms. The molecule has 0 bridgehead atoms. The summed E-state index contributed by atoms with van der Waals surface area (Å²) < 4.78 is 10.6. The highest BCUT2D eigenvalue weighted by Crippen LogP contribution is 2.24. The van der Waals surface area contributed by atoms with Crippen molar-refractivity contribution in [3.05, 3.63) is 94.0 Å². The van der Waals surface area contributed by atoms with E-state index in [0.717, 1.165) is 38.9 Å². The van der Waals surface area contributed by atoms with Crippen LogP contribution in [0.5, 0.6) is 5.88 Å². The fourth-order valence-electron chi connectivity index (χ4n) is 3.52. The molecule has 2 heterocycles. The highest BCUT2D eigenvalue weighted by Gasteiger charge is 2.19. The van der Waals surface area contributed by atoms with E-state index < -0.39 is 11.9 Å². The number of aliphatic hydroxyl groups is 1. The van der Waals surface area contributed by atoms with Gasteiger partial charge >= 0.3 is 5.97 Å². The predicted octanol–water partition coefficient (Wildman–Crippen LogP) is 3.70. The maximum absolute atomic E-state index is 12.8. The molecule has 0 aliphatic carbocycles. The van der Waals surface area contributed by atoms with E-state index >= 15 is 0 Å². The van der Waals surface area contributed by atoms with Gasteiger partial charge in [-0.1, -0.05) is 30.9 Å². The smallest absolute Gasteiger partial charge is 0.319 e. The topological polar surface area (TPSA) is 98.6 Å². The van der Waals surface area contributed by atoms with Gasteiger partial charge in [0.2, 0.25) is 11.0 Å². The quantitative estimate of drug-likeness (QED) is 0.260. The number of carbonyl (C=O) groups excluding carboxylic acids is 2. The molecule has 0 radical (unpaired) electrons. The van der Waals surface area contributed by atoms with Gasteiger partial charge in [-0.3, -0.25) is 14.6 Å². The van der Waals surface area contributed by atoms with Crippen molar-refractivity contribution >= 4 is 35.0 Å². The van der Waals surface area contributed by atoms with Gasteiger partial charge in [0.1, 0.15) is 11.5 Å². The summed E-state index contributed by atoms with van der Waals surface area (Å²) in [5.74, 6) is -0.267. The summed E-state index contributed by atoms with van der Waals surface area (Å²) in [5.41, 5.74) is 2.92. The maximum Gasteiger partial charge on any atom is 0.319 e. The Kier molecular flexibility index (Phi) is 9.77. The Morgan fingerprint density at radius 1 is 1.14 bits per heavy atom. The second-order valence-corrected chi connectivity index (χ2v) is 9.37. The van der Waals surface area contributed by atoms with Gasteiger partial charge in [-0.15, -0.1) is 0 Å². The lowest BCUT2D eigenvalue weighted by molar-refractivity contribution is -0.135. The first-order valence-electron chi connectivity index (χ1n) is 11.7. The molecule has 192 valence electrons. The summed E-state index contributed by atoms with van der Waals surface area (Å²) in [5, 5.41) is 10.9. The zero-order valence-electron chi connectivity index (χ0n) is 21.4. The first kappa shape index (κ1) is 27.8. The number of pyridine rings is 2. The van der Waals surface area contributed by atoms with Gasteiger partial charge in [-0.2, -0.15) is 0 Å². The Bertz CT molecular complexity index is 1420. The van der Waals surface area contributed by atoms with Crippen molar-refractivity contribution < 1.29 is 24.2 Å². The van der Waals surface area contributed by atoms with Crippen LogP contribution in [0.3, 0.4) is 0 Å². The van der Waals surface area contributed by atoms with E-state index in [0.29, 0.717) is 22.8 Å². The fraction of sp³-hybridized carbons (Fsp3) is 0.241. The van der Waals surface area contributed by atoms with Crippen LogP contribution < -0.4 is 15.2 Å². The van der Waals surface area contributed by atoms with Crippen molar-refractivity contribution in [1.82, 2.24) is 9.97 Å². The van der Waals surface area contributed by atoms with Gasteiger partial charge in [0.05, 0.1) is 13.0 Å². The number of benzene rings is 1. The molecule has 0 saturated carbocycles. The maximum atomic E-state index is 12.8. The molecular formula is C29H30N2O5S. The summed E-state index contributed by atoms with van der Waals surface area (Å²) in [6.07, 6.45) is 7.36. The standard InChI is InChI=1S/C29H30N2O5S/c1-6-21-14-23(7-8-24(21)13-19(3)35-5)20(4)28(33)36-27-10-9-25(17-31-27)37-29(34)26-15-22(11-12-32)18(2)16-30-26/h6-10,13-17,20,32H,3,11-12H2,1-2,4-5H3. The molecule has 7 nitrogen and oxygen atoms in total. The molecule has 0 aliphatic heterocycles. The molecule has 8 heteroatoms. The van der Waals surface area contributed by atoms with Gasteiger partial charge in [-0.25, -0.2) is 4.98 Å². The summed E-state index contributed by atoms with van der Waals surface area (Å²) in [6.45, 7) is 9.41. The van der Waals surface area contributed by atoms with Gasteiger partial charge in [0.15, 0.2) is 0 Å². The number of aromatic nitrogens is 2. The molecule has 0 amide bonds. The predicted molar refractivity (Wildman–Crippen MR) is 145 cm³/mol. The van der Waals surface area contributed by atoms with E-state index in [9.17, 15) is 14.7 Å². The zero-order valence-corrected chi connectivity index (χ0v) is 22.2. The van der Waals surface area contributed by atoms with Crippen molar-refractivity contribution in [2.24, 2.45) is 0 Å². The van der Waals surface area contributed by atoms with Crippen molar-refractivity contribution in [2.75, 3.05) is 13.7 Å². The second-order valence-electron chi connectivity index (χ2n) is 8.33. The highest BCUT2D eigenvalue weighted by molar-refractivity contribution is 8.14. The summed E-state index contributed by atoms with van der Waals surface area (Å²) in [4.78, 5) is 34.4. The number of carbonyl (C=O) groups is 2. The van der Waals surface area contributed by atoms with Crippen LogP contribution in [0.1, 0.15) is 46.9 Å². The van der Waals surface area contributed by atoms with Crippen molar-refractivity contribution in [3.8, 4) is 5.88 Å². The van der Waals surface area contributed by atoms with E-state index in [1.165, 1.54) is 6.20 Å². The van der Waals surface area contributed by atoms with Crippen LogP contribution in [-0.4, -0.2) is 39.9 Å². The van der Waals surface area contributed by atoms with Gasteiger partial charge in [0.25, 0.3) is 0 Å². The van der Waals surface area contributed by atoms with Crippen LogP contribution >= 0.6 is 11.8 Å². The number of methoxy groups -OCH3 is 1. The lowest BCUT2D eigenvalue weighted by Gasteiger charge is -2.12. The Morgan fingerprint density at radius 2 is 1.92 bits per heavy atom. The molecule has 0 fully saturated rings. The average Bonchev–Trinajstić information content (AvgIpc) is 2.90. The Labute approximate surface area is 220 Å². The van der Waals surface area contributed by atoms with Crippen molar-refractivity contribution in [3.63, 3.8) is 0 Å². The number of esters is 1. The van der Waals surface area contributed by atoms with Crippen LogP contribution in [0, 0.1) is 6.92 Å². The second kappa shape index (κ2) is 13.0. The molecule has 0 saturated heterocycles. The first-order chi connectivity index (χ1) is 17.7. The number of nitrogens with zero attached hydrogens (tertiary/aromatic N) is 2. The molecule has 2 aromatic heterocycles. The number of thioether (sulfide) groups is 1. The molecule has 0 spiro atoms. The van der Waals surface area contributed by atoms with Crippen LogP contribution in [0.25, 0.3) is 12.2 Å². The molecule has 1 aromatic carbocycles. The summed E-state index contributed by atoms with van der Waals surface area (Å²) >= 11 is 0.983. The van der Waals surface area contributed by atoms with Gasteiger partial charge < -0.3 is 14.6 Å². The molecule has 3 rings (SSSR count). The largest absolute Gasteiger partial charge is 0.497 e. The summed E-state index contributed by atoms with van der Waals surface area (Å²) in [6, 6.07) is 10.6. The van der Waals surface area contributed by atoms with Gasteiger partial charge in [0, 0.05) is 30.0 Å². The third-order valence-electron chi connectivity index (χ3n) is 5.78. The first-order valence-corrected chi connectivity index (χ1v) is 12.5. The number of allylic oxidation sites excluding steroid dienone is 1. The zero-order chi connectivity index (χ0) is 26.9. The molecule has 0 aliphatic rings. The summed E-state index contributed by atoms with van der Waals surface area (Å²) in [7, 11) is 1.56. The Hall–Kier alpha value is -3.75. The van der Waals surface area contributed by atoms with E-state index in [1.807, 2.05) is 44.2 Å².